The number of aromatic nitrogens is 3. The van der Waals surface area contributed by atoms with Crippen LogP contribution in [0.4, 0.5) is 5.69 Å². The normalized spacial score (nSPS) is 10.7. The number of hydrogen-bond donors (Lipinski definition) is 3. The Labute approximate surface area is 122 Å². The summed E-state index contributed by atoms with van der Waals surface area (Å²) >= 11 is 0. The maximum absolute atomic E-state index is 12.0. The van der Waals surface area contributed by atoms with Crippen molar-refractivity contribution in [1.29, 1.82) is 0 Å². The molecule has 0 bridgehead atoms. The maximum Gasteiger partial charge on any atom is 0.295 e. The molecule has 2 rings (SSSR count). The number of benzene rings is 1. The van der Waals surface area contributed by atoms with Crippen LogP contribution in [0.25, 0.3) is 0 Å². The van der Waals surface area contributed by atoms with E-state index >= 15 is 0 Å². The van der Waals surface area contributed by atoms with Crippen molar-refractivity contribution in [2.75, 3.05) is 18.5 Å². The largest absolute Gasteiger partial charge is 0.492 e. The lowest BCUT2D eigenvalue weighted by molar-refractivity contribution is 0.101. The molecule has 4 N–H and O–H groups in total. The minimum absolute atomic E-state index is 0.127. The second kappa shape index (κ2) is 6.85. The molecule has 7 nitrogen and oxygen atoms in total. The van der Waals surface area contributed by atoms with Gasteiger partial charge in [-0.1, -0.05) is 13.8 Å². The molecule has 0 saturated carbocycles. The Kier molecular flexibility index (Phi) is 4.89. The molecule has 1 aromatic carbocycles. The average molecular weight is 289 g/mol. The van der Waals surface area contributed by atoms with Crippen molar-refractivity contribution < 1.29 is 9.53 Å². The van der Waals surface area contributed by atoms with Crippen LogP contribution < -0.4 is 15.8 Å². The van der Waals surface area contributed by atoms with E-state index in [1.165, 1.54) is 0 Å². The van der Waals surface area contributed by atoms with Gasteiger partial charge in [-0.2, -0.15) is 0 Å². The highest BCUT2D eigenvalue weighted by atomic mass is 16.5. The van der Waals surface area contributed by atoms with E-state index < -0.39 is 0 Å². The number of hydrogen-bond acceptors (Lipinski definition) is 5. The Morgan fingerprint density at radius 2 is 2.10 bits per heavy atom. The summed E-state index contributed by atoms with van der Waals surface area (Å²) in [6.45, 7) is 4.87. The molecule has 112 valence electrons. The number of carbonyl (C=O) groups excluding carboxylic acids is 1. The number of H-pyrrole nitrogens is 1. The van der Waals surface area contributed by atoms with Gasteiger partial charge in [-0.3, -0.25) is 9.89 Å². The van der Waals surface area contributed by atoms with Crippen molar-refractivity contribution >= 4 is 11.6 Å². The zero-order chi connectivity index (χ0) is 15.2. The van der Waals surface area contributed by atoms with Gasteiger partial charge in [0.25, 0.3) is 5.91 Å². The Hall–Kier alpha value is -2.41. The van der Waals surface area contributed by atoms with Crippen LogP contribution in [0.1, 0.15) is 36.2 Å². The van der Waals surface area contributed by atoms with Crippen molar-refractivity contribution in [3.63, 3.8) is 0 Å². The lowest BCUT2D eigenvalue weighted by Crippen LogP contribution is -2.14. The van der Waals surface area contributed by atoms with Crippen LogP contribution >= 0.6 is 0 Å². The third kappa shape index (κ3) is 4.03. The predicted octanol–water partition coefficient (Wildman–Crippen LogP) is 1.52. The predicted molar refractivity (Wildman–Crippen MR) is 79.4 cm³/mol. The van der Waals surface area contributed by atoms with Gasteiger partial charge in [-0.25, -0.2) is 4.98 Å². The first-order chi connectivity index (χ1) is 10.1. The molecule has 0 aliphatic heterocycles. The van der Waals surface area contributed by atoms with E-state index in [0.29, 0.717) is 30.4 Å². The molecule has 0 radical (unpaired) electrons. The Balaban J connectivity index is 1.98. The fraction of sp³-hybridized carbons (Fsp3) is 0.357. The molecule has 0 aliphatic rings. The summed E-state index contributed by atoms with van der Waals surface area (Å²) in [6.07, 6.45) is 0. The topological polar surface area (TPSA) is 106 Å². The number of anilines is 1. The fourth-order valence-corrected chi connectivity index (χ4v) is 1.63. The van der Waals surface area contributed by atoms with Gasteiger partial charge in [0.2, 0.25) is 5.82 Å². The standard InChI is InChI=1S/C14H19N5O2/c1-9(2)12-17-13(19-18-12)14(20)16-10-3-5-11(6-4-10)21-8-7-15/h3-6,9H,7-8,15H2,1-2H3,(H,16,20)(H,17,18,19). The molecule has 0 unspecified atom stereocenters. The van der Waals surface area contributed by atoms with Crippen LogP contribution in [0, 0.1) is 0 Å². The molecule has 0 spiro atoms. The molecule has 21 heavy (non-hydrogen) atoms. The van der Waals surface area contributed by atoms with Gasteiger partial charge in [0, 0.05) is 18.2 Å². The Bertz CT molecular complexity index is 592. The second-order valence-electron chi connectivity index (χ2n) is 4.81. The number of aromatic amines is 1. The van der Waals surface area contributed by atoms with Gasteiger partial charge in [-0.15, -0.1) is 5.10 Å². The quantitative estimate of drug-likeness (QED) is 0.747. The summed E-state index contributed by atoms with van der Waals surface area (Å²) < 4.78 is 5.36. The lowest BCUT2D eigenvalue weighted by atomic mass is 10.2. The molecule has 0 fully saturated rings. The number of carbonyl (C=O) groups is 1. The maximum atomic E-state index is 12.0. The van der Waals surface area contributed by atoms with E-state index in [-0.39, 0.29) is 17.6 Å². The molecular weight excluding hydrogens is 270 g/mol. The minimum atomic E-state index is -0.353. The van der Waals surface area contributed by atoms with Gasteiger partial charge in [0.1, 0.15) is 18.2 Å². The van der Waals surface area contributed by atoms with Crippen molar-refractivity contribution in [2.45, 2.75) is 19.8 Å². The van der Waals surface area contributed by atoms with E-state index in [4.69, 9.17) is 10.5 Å². The number of ether oxygens (including phenoxy) is 1. The molecule has 1 aromatic heterocycles. The summed E-state index contributed by atoms with van der Waals surface area (Å²) in [5, 5.41) is 9.38. The van der Waals surface area contributed by atoms with Crippen molar-refractivity contribution in [1.82, 2.24) is 15.2 Å². The number of nitrogens with two attached hydrogens (primary N) is 1. The fourth-order valence-electron chi connectivity index (χ4n) is 1.63. The highest BCUT2D eigenvalue weighted by molar-refractivity contribution is 6.01. The highest BCUT2D eigenvalue weighted by Gasteiger charge is 2.14. The van der Waals surface area contributed by atoms with Crippen LogP contribution in [-0.2, 0) is 0 Å². The second-order valence-corrected chi connectivity index (χ2v) is 4.81. The summed E-state index contributed by atoms with van der Waals surface area (Å²) in [5.41, 5.74) is 6.01. The van der Waals surface area contributed by atoms with Crippen LogP contribution in [0.2, 0.25) is 0 Å². The first kappa shape index (κ1) is 15.0. The first-order valence-corrected chi connectivity index (χ1v) is 6.76. The first-order valence-electron chi connectivity index (χ1n) is 6.76. The van der Waals surface area contributed by atoms with Gasteiger partial charge in [0.15, 0.2) is 0 Å². The van der Waals surface area contributed by atoms with Crippen molar-refractivity contribution in [2.24, 2.45) is 5.73 Å². The molecule has 7 heteroatoms. The van der Waals surface area contributed by atoms with E-state index in [2.05, 4.69) is 20.5 Å². The van der Waals surface area contributed by atoms with Crippen LogP contribution in [-0.4, -0.2) is 34.2 Å². The lowest BCUT2D eigenvalue weighted by Gasteiger charge is -2.06. The molecule has 0 saturated heterocycles. The van der Waals surface area contributed by atoms with Gasteiger partial charge < -0.3 is 15.8 Å². The van der Waals surface area contributed by atoms with E-state index in [0.717, 1.165) is 0 Å². The monoisotopic (exact) mass is 289 g/mol. The molecule has 1 heterocycles. The number of nitrogens with zero attached hydrogens (tertiary/aromatic N) is 2. The van der Waals surface area contributed by atoms with Crippen LogP contribution in [0.15, 0.2) is 24.3 Å². The summed E-state index contributed by atoms with van der Waals surface area (Å²) in [6, 6.07) is 7.03. The minimum Gasteiger partial charge on any atom is -0.492 e. The van der Waals surface area contributed by atoms with Crippen molar-refractivity contribution in [3.8, 4) is 5.75 Å². The van der Waals surface area contributed by atoms with Gasteiger partial charge in [-0.05, 0) is 24.3 Å². The van der Waals surface area contributed by atoms with E-state index in [1.807, 2.05) is 13.8 Å². The third-order valence-corrected chi connectivity index (χ3v) is 2.75. The smallest absolute Gasteiger partial charge is 0.295 e. The van der Waals surface area contributed by atoms with Crippen molar-refractivity contribution in [3.05, 3.63) is 35.9 Å². The Morgan fingerprint density at radius 1 is 1.38 bits per heavy atom. The van der Waals surface area contributed by atoms with E-state index in [9.17, 15) is 4.79 Å². The summed E-state index contributed by atoms with van der Waals surface area (Å²) in [4.78, 5) is 16.1. The zero-order valence-electron chi connectivity index (χ0n) is 12.1. The van der Waals surface area contributed by atoms with Crippen LogP contribution in [0.3, 0.4) is 0 Å². The third-order valence-electron chi connectivity index (χ3n) is 2.75. The SMILES string of the molecule is CC(C)c1nc(C(=O)Nc2ccc(OCCN)cc2)n[nH]1. The number of rotatable bonds is 6. The van der Waals surface area contributed by atoms with Gasteiger partial charge in [0.05, 0.1) is 0 Å². The Morgan fingerprint density at radius 3 is 2.67 bits per heavy atom. The zero-order valence-corrected chi connectivity index (χ0v) is 12.1. The molecule has 0 aliphatic carbocycles. The molecule has 0 atom stereocenters. The summed E-state index contributed by atoms with van der Waals surface area (Å²) in [5.74, 6) is 1.36. The van der Waals surface area contributed by atoms with Crippen LogP contribution in [0.5, 0.6) is 5.75 Å². The molecule has 1 amide bonds. The number of amides is 1. The molecular formula is C14H19N5O2. The van der Waals surface area contributed by atoms with E-state index in [1.54, 1.807) is 24.3 Å². The van der Waals surface area contributed by atoms with Gasteiger partial charge >= 0.3 is 0 Å². The summed E-state index contributed by atoms with van der Waals surface area (Å²) in [7, 11) is 0. The molecule has 2 aromatic rings. The highest BCUT2D eigenvalue weighted by Crippen LogP contribution is 2.16. The number of nitrogens with one attached hydrogen (secondary N) is 2. The average Bonchev–Trinajstić information content (AvgIpc) is 2.97.